The van der Waals surface area contributed by atoms with E-state index in [0.717, 1.165) is 42.1 Å². The maximum atomic E-state index is 12.4. The minimum absolute atomic E-state index is 0.202. The van der Waals surface area contributed by atoms with Gasteiger partial charge in [-0.1, -0.05) is 0 Å². The van der Waals surface area contributed by atoms with Crippen LogP contribution in [0.15, 0.2) is 35.0 Å². The van der Waals surface area contributed by atoms with Crippen LogP contribution < -0.4 is 9.47 Å². The molecular weight excluding hydrogens is 310 g/mol. The Hall–Kier alpha value is -2.01. The van der Waals surface area contributed by atoms with Gasteiger partial charge in [0.05, 0.1) is 20.6 Å². The van der Waals surface area contributed by atoms with Crippen molar-refractivity contribution in [3.8, 4) is 11.5 Å². The summed E-state index contributed by atoms with van der Waals surface area (Å²) in [6, 6.07) is 7.87. The molecule has 122 valence electrons. The average molecular weight is 331 g/mol. The van der Waals surface area contributed by atoms with Crippen LogP contribution in [0.5, 0.6) is 11.5 Å². The van der Waals surface area contributed by atoms with Crippen LogP contribution in [0.3, 0.4) is 0 Å². The van der Waals surface area contributed by atoms with E-state index in [1.54, 1.807) is 25.6 Å². The first-order valence-electron chi connectivity index (χ1n) is 7.72. The predicted molar refractivity (Wildman–Crippen MR) is 91.5 cm³/mol. The normalized spacial score (nSPS) is 17.3. The predicted octanol–water partition coefficient (Wildman–Crippen LogP) is 3.32. The van der Waals surface area contributed by atoms with Crippen molar-refractivity contribution >= 4 is 17.2 Å². The fourth-order valence-corrected chi connectivity index (χ4v) is 3.75. The van der Waals surface area contributed by atoms with E-state index in [1.165, 1.54) is 0 Å². The highest BCUT2D eigenvalue weighted by Gasteiger charge is 2.29. The highest BCUT2D eigenvalue weighted by molar-refractivity contribution is 7.08. The van der Waals surface area contributed by atoms with Crippen molar-refractivity contribution in [2.75, 3.05) is 27.3 Å². The Balaban J connectivity index is 1.71. The quantitative estimate of drug-likeness (QED) is 0.843. The van der Waals surface area contributed by atoms with Crippen molar-refractivity contribution in [2.24, 2.45) is 0 Å². The Morgan fingerprint density at radius 1 is 1.30 bits per heavy atom. The summed E-state index contributed by atoms with van der Waals surface area (Å²) in [5, 5.41) is 4.05. The van der Waals surface area contributed by atoms with Crippen LogP contribution in [0.25, 0.3) is 0 Å². The first-order chi connectivity index (χ1) is 11.2. The number of hydrogen-bond acceptors (Lipinski definition) is 4. The second kappa shape index (κ2) is 7.04. The fraction of sp³-hybridized carbons (Fsp3) is 0.389. The van der Waals surface area contributed by atoms with E-state index in [0.29, 0.717) is 12.3 Å². The topological polar surface area (TPSA) is 38.8 Å². The summed E-state index contributed by atoms with van der Waals surface area (Å²) in [7, 11) is 3.34. The molecule has 0 saturated carbocycles. The standard InChI is InChI=1S/C18H21NO3S/c1-21-15-3-4-17(22-2)16(10-15)14-5-7-19(11-14)18(20)9-13-6-8-23-12-13/h3-4,6,8,10,12,14H,5,7,9,11H2,1-2H3/t14-/m0/s1. The zero-order chi connectivity index (χ0) is 16.2. The van der Waals surface area contributed by atoms with E-state index in [2.05, 4.69) is 0 Å². The van der Waals surface area contributed by atoms with Crippen molar-refractivity contribution in [1.29, 1.82) is 0 Å². The van der Waals surface area contributed by atoms with Gasteiger partial charge in [-0.25, -0.2) is 0 Å². The SMILES string of the molecule is COc1ccc(OC)c([C@H]2CCN(C(=O)Cc3ccsc3)C2)c1. The molecule has 5 heteroatoms. The molecule has 1 atom stereocenters. The summed E-state index contributed by atoms with van der Waals surface area (Å²) < 4.78 is 10.8. The van der Waals surface area contributed by atoms with Gasteiger partial charge in [0.1, 0.15) is 11.5 Å². The van der Waals surface area contributed by atoms with Crippen molar-refractivity contribution in [3.05, 3.63) is 46.2 Å². The van der Waals surface area contributed by atoms with E-state index >= 15 is 0 Å². The monoisotopic (exact) mass is 331 g/mol. The number of hydrogen-bond donors (Lipinski definition) is 0. The second-order valence-corrected chi connectivity index (χ2v) is 6.52. The first kappa shape index (κ1) is 15.9. The molecule has 4 nitrogen and oxygen atoms in total. The van der Waals surface area contributed by atoms with E-state index in [4.69, 9.17) is 9.47 Å². The molecule has 1 saturated heterocycles. The Morgan fingerprint density at radius 3 is 2.87 bits per heavy atom. The third kappa shape index (κ3) is 3.50. The van der Waals surface area contributed by atoms with Gasteiger partial charge in [0.15, 0.2) is 0 Å². The molecule has 0 spiro atoms. The molecule has 3 rings (SSSR count). The fourth-order valence-electron chi connectivity index (χ4n) is 3.08. The van der Waals surface area contributed by atoms with Gasteiger partial charge in [-0.2, -0.15) is 11.3 Å². The molecule has 0 N–H and O–H groups in total. The highest BCUT2D eigenvalue weighted by Crippen LogP contribution is 2.36. The number of benzene rings is 1. The Morgan fingerprint density at radius 2 is 2.17 bits per heavy atom. The van der Waals surface area contributed by atoms with Gasteiger partial charge in [0.2, 0.25) is 5.91 Å². The molecule has 1 aromatic carbocycles. The molecule has 1 aromatic heterocycles. The van der Waals surface area contributed by atoms with E-state index in [-0.39, 0.29) is 5.91 Å². The minimum Gasteiger partial charge on any atom is -0.497 e. The van der Waals surface area contributed by atoms with Crippen molar-refractivity contribution < 1.29 is 14.3 Å². The number of rotatable bonds is 5. The Bertz CT molecular complexity index is 669. The van der Waals surface area contributed by atoms with Crippen LogP contribution in [0.4, 0.5) is 0 Å². The lowest BCUT2D eigenvalue weighted by Gasteiger charge is -2.18. The minimum atomic E-state index is 0.202. The van der Waals surface area contributed by atoms with Crippen LogP contribution >= 0.6 is 11.3 Å². The van der Waals surface area contributed by atoms with Crippen molar-refractivity contribution in [3.63, 3.8) is 0 Å². The summed E-state index contributed by atoms with van der Waals surface area (Å²) in [6.45, 7) is 1.54. The van der Waals surface area contributed by atoms with E-state index in [1.807, 2.05) is 39.9 Å². The summed E-state index contributed by atoms with van der Waals surface area (Å²) in [5.41, 5.74) is 2.22. The zero-order valence-electron chi connectivity index (χ0n) is 13.5. The van der Waals surface area contributed by atoms with Gasteiger partial charge in [0.25, 0.3) is 0 Å². The summed E-state index contributed by atoms with van der Waals surface area (Å²) >= 11 is 1.63. The number of thiophene rings is 1. The number of nitrogens with zero attached hydrogens (tertiary/aromatic N) is 1. The number of carbonyl (C=O) groups excluding carboxylic acids is 1. The maximum Gasteiger partial charge on any atom is 0.227 e. The smallest absolute Gasteiger partial charge is 0.227 e. The molecule has 2 aromatic rings. The van der Waals surface area contributed by atoms with Crippen LogP contribution in [-0.2, 0) is 11.2 Å². The zero-order valence-corrected chi connectivity index (χ0v) is 14.3. The van der Waals surface area contributed by atoms with Crippen molar-refractivity contribution in [1.82, 2.24) is 4.90 Å². The van der Waals surface area contributed by atoms with Gasteiger partial charge < -0.3 is 14.4 Å². The third-order valence-electron chi connectivity index (χ3n) is 4.35. The van der Waals surface area contributed by atoms with Gasteiger partial charge in [-0.15, -0.1) is 0 Å². The lowest BCUT2D eigenvalue weighted by molar-refractivity contribution is -0.129. The van der Waals surface area contributed by atoms with E-state index < -0.39 is 0 Å². The molecule has 0 aliphatic carbocycles. The second-order valence-electron chi connectivity index (χ2n) is 5.74. The van der Waals surface area contributed by atoms with Gasteiger partial charge in [-0.05, 0) is 47.0 Å². The van der Waals surface area contributed by atoms with Crippen molar-refractivity contribution in [2.45, 2.75) is 18.8 Å². The Labute approximate surface area is 140 Å². The number of likely N-dealkylation sites (tertiary alicyclic amines) is 1. The summed E-state index contributed by atoms with van der Waals surface area (Å²) in [4.78, 5) is 14.4. The number of carbonyl (C=O) groups is 1. The van der Waals surface area contributed by atoms with E-state index in [9.17, 15) is 4.79 Å². The molecule has 1 aliphatic rings. The highest BCUT2D eigenvalue weighted by atomic mass is 32.1. The third-order valence-corrected chi connectivity index (χ3v) is 5.09. The molecule has 23 heavy (non-hydrogen) atoms. The maximum absolute atomic E-state index is 12.4. The number of amides is 1. The molecule has 1 aliphatic heterocycles. The Kier molecular flexibility index (Phi) is 4.86. The molecule has 1 fully saturated rings. The lowest BCUT2D eigenvalue weighted by Crippen LogP contribution is -2.29. The molecule has 2 heterocycles. The molecule has 0 bridgehead atoms. The van der Waals surface area contributed by atoms with Gasteiger partial charge in [0, 0.05) is 24.6 Å². The molecular formula is C18H21NO3S. The van der Waals surface area contributed by atoms with Crippen LogP contribution in [-0.4, -0.2) is 38.1 Å². The summed E-state index contributed by atoms with van der Waals surface area (Å²) in [6.07, 6.45) is 1.45. The van der Waals surface area contributed by atoms with Gasteiger partial charge in [-0.3, -0.25) is 4.79 Å². The van der Waals surface area contributed by atoms with Gasteiger partial charge >= 0.3 is 0 Å². The molecule has 0 unspecified atom stereocenters. The molecule has 0 radical (unpaired) electrons. The van der Waals surface area contributed by atoms with Crippen LogP contribution in [0.1, 0.15) is 23.5 Å². The first-order valence-corrected chi connectivity index (χ1v) is 8.66. The average Bonchev–Trinajstić information content (AvgIpc) is 3.25. The summed E-state index contributed by atoms with van der Waals surface area (Å²) in [5.74, 6) is 2.19. The van der Waals surface area contributed by atoms with Crippen LogP contribution in [0.2, 0.25) is 0 Å². The number of ether oxygens (including phenoxy) is 2. The largest absolute Gasteiger partial charge is 0.497 e. The number of methoxy groups -OCH3 is 2. The van der Waals surface area contributed by atoms with Crippen LogP contribution in [0, 0.1) is 0 Å². The lowest BCUT2D eigenvalue weighted by atomic mass is 9.97. The molecule has 1 amide bonds.